The van der Waals surface area contributed by atoms with Crippen LogP contribution < -0.4 is 10.0 Å². The van der Waals surface area contributed by atoms with E-state index >= 15 is 0 Å². The molecule has 0 spiro atoms. The molecule has 18 heavy (non-hydrogen) atoms. The molecule has 1 aromatic rings. The van der Waals surface area contributed by atoms with Crippen LogP contribution in [0.2, 0.25) is 0 Å². The van der Waals surface area contributed by atoms with Gasteiger partial charge < -0.3 is 5.32 Å². The smallest absolute Gasteiger partial charge is 0.242 e. The summed E-state index contributed by atoms with van der Waals surface area (Å²) in [4.78, 5) is 0.315. The van der Waals surface area contributed by atoms with E-state index in [4.69, 9.17) is 0 Å². The SMILES string of the molecule is CNS(=O)(=O)c1ccccc1NC(C)CC1CC1. The second-order valence-electron chi connectivity index (χ2n) is 4.93. The summed E-state index contributed by atoms with van der Waals surface area (Å²) in [5.41, 5.74) is 0.681. The van der Waals surface area contributed by atoms with E-state index in [1.807, 2.05) is 12.1 Å². The first-order valence-electron chi connectivity index (χ1n) is 6.32. The minimum absolute atomic E-state index is 0.297. The fourth-order valence-corrected chi connectivity index (χ4v) is 3.00. The number of nitrogens with one attached hydrogen (secondary N) is 2. The minimum atomic E-state index is -3.40. The van der Waals surface area contributed by atoms with E-state index in [2.05, 4.69) is 17.0 Å². The topological polar surface area (TPSA) is 58.2 Å². The number of anilines is 1. The van der Waals surface area contributed by atoms with Crippen LogP contribution in [0.1, 0.15) is 26.2 Å². The van der Waals surface area contributed by atoms with Crippen molar-refractivity contribution in [1.29, 1.82) is 0 Å². The van der Waals surface area contributed by atoms with Gasteiger partial charge in [-0.1, -0.05) is 25.0 Å². The molecule has 2 N–H and O–H groups in total. The zero-order valence-corrected chi connectivity index (χ0v) is 11.6. The molecular weight excluding hydrogens is 248 g/mol. The van der Waals surface area contributed by atoms with Crippen molar-refractivity contribution in [3.05, 3.63) is 24.3 Å². The van der Waals surface area contributed by atoms with Crippen LogP contribution >= 0.6 is 0 Å². The summed E-state index contributed by atoms with van der Waals surface area (Å²) < 4.78 is 26.1. The molecule has 0 aromatic heterocycles. The molecule has 0 heterocycles. The van der Waals surface area contributed by atoms with Gasteiger partial charge in [0.05, 0.1) is 5.69 Å². The normalized spacial score (nSPS) is 17.4. The standard InChI is InChI=1S/C13H20N2O2S/c1-10(9-11-7-8-11)15-12-5-3-4-6-13(12)18(16,17)14-2/h3-6,10-11,14-15H,7-9H2,1-2H3. The maximum atomic E-state index is 11.9. The number of sulfonamides is 1. The highest BCUT2D eigenvalue weighted by molar-refractivity contribution is 7.89. The van der Waals surface area contributed by atoms with E-state index in [1.54, 1.807) is 12.1 Å². The highest BCUT2D eigenvalue weighted by Gasteiger charge is 2.24. The maximum absolute atomic E-state index is 11.9. The van der Waals surface area contributed by atoms with Crippen LogP contribution in [0.4, 0.5) is 5.69 Å². The molecule has 0 radical (unpaired) electrons. The minimum Gasteiger partial charge on any atom is -0.381 e. The third kappa shape index (κ3) is 3.23. The van der Waals surface area contributed by atoms with Crippen LogP contribution in [0.25, 0.3) is 0 Å². The van der Waals surface area contributed by atoms with Crippen molar-refractivity contribution in [3.8, 4) is 0 Å². The van der Waals surface area contributed by atoms with Crippen molar-refractivity contribution in [2.24, 2.45) is 5.92 Å². The second kappa shape index (κ2) is 5.28. The van der Waals surface area contributed by atoms with Crippen LogP contribution in [-0.2, 0) is 10.0 Å². The predicted molar refractivity (Wildman–Crippen MR) is 73.1 cm³/mol. The average molecular weight is 268 g/mol. The summed E-state index contributed by atoms with van der Waals surface area (Å²) in [5.74, 6) is 0.820. The molecule has 1 unspecified atom stereocenters. The van der Waals surface area contributed by atoms with E-state index < -0.39 is 10.0 Å². The highest BCUT2D eigenvalue weighted by atomic mass is 32.2. The number of para-hydroxylation sites is 1. The quantitative estimate of drug-likeness (QED) is 0.831. The molecule has 100 valence electrons. The van der Waals surface area contributed by atoms with Crippen LogP contribution in [0.3, 0.4) is 0 Å². The molecule has 4 nitrogen and oxygen atoms in total. The van der Waals surface area contributed by atoms with Gasteiger partial charge in [0.15, 0.2) is 0 Å². The third-order valence-corrected chi connectivity index (χ3v) is 4.70. The van der Waals surface area contributed by atoms with Crippen LogP contribution in [0.5, 0.6) is 0 Å². The molecule has 1 atom stereocenters. The molecule has 0 bridgehead atoms. The first kappa shape index (κ1) is 13.4. The van der Waals surface area contributed by atoms with E-state index in [1.165, 1.54) is 19.9 Å². The van der Waals surface area contributed by atoms with E-state index in [9.17, 15) is 8.42 Å². The number of hydrogen-bond acceptors (Lipinski definition) is 3. The van der Waals surface area contributed by atoms with Crippen molar-refractivity contribution in [2.45, 2.75) is 37.1 Å². The van der Waals surface area contributed by atoms with Crippen molar-refractivity contribution in [2.75, 3.05) is 12.4 Å². The van der Waals surface area contributed by atoms with Crippen molar-refractivity contribution in [3.63, 3.8) is 0 Å². The Morgan fingerprint density at radius 3 is 2.61 bits per heavy atom. The molecular formula is C13H20N2O2S. The van der Waals surface area contributed by atoms with Gasteiger partial charge in [-0.3, -0.25) is 0 Å². The summed E-state index contributed by atoms with van der Waals surface area (Å²) in [6.45, 7) is 2.10. The van der Waals surface area contributed by atoms with Crippen molar-refractivity contribution < 1.29 is 8.42 Å². The lowest BCUT2D eigenvalue weighted by Crippen LogP contribution is -2.22. The first-order valence-corrected chi connectivity index (χ1v) is 7.80. The Balaban J connectivity index is 2.16. The molecule has 5 heteroatoms. The van der Waals surface area contributed by atoms with Gasteiger partial charge in [-0.15, -0.1) is 0 Å². The Morgan fingerprint density at radius 1 is 1.33 bits per heavy atom. The number of rotatable bonds is 6. The Labute approximate surface area is 109 Å². The van der Waals surface area contributed by atoms with Crippen LogP contribution in [0, 0.1) is 5.92 Å². The molecule has 1 aromatic carbocycles. The average Bonchev–Trinajstić information content (AvgIpc) is 3.13. The Hall–Kier alpha value is -1.07. The predicted octanol–water partition coefficient (Wildman–Crippen LogP) is 2.20. The first-order chi connectivity index (χ1) is 8.53. The van der Waals surface area contributed by atoms with E-state index in [-0.39, 0.29) is 0 Å². The lowest BCUT2D eigenvalue weighted by Gasteiger charge is -2.17. The van der Waals surface area contributed by atoms with E-state index in [0.29, 0.717) is 16.6 Å². The zero-order valence-electron chi connectivity index (χ0n) is 10.8. The molecule has 2 rings (SSSR count). The molecule has 1 aliphatic carbocycles. The Morgan fingerprint density at radius 2 is 2.00 bits per heavy atom. The molecule has 0 aliphatic heterocycles. The van der Waals surface area contributed by atoms with Crippen molar-refractivity contribution >= 4 is 15.7 Å². The Bertz CT molecular complexity index is 509. The second-order valence-corrected chi connectivity index (χ2v) is 6.78. The fourth-order valence-electron chi connectivity index (χ4n) is 2.11. The van der Waals surface area contributed by atoms with Crippen LogP contribution in [-0.4, -0.2) is 21.5 Å². The number of hydrogen-bond donors (Lipinski definition) is 2. The number of benzene rings is 1. The fraction of sp³-hybridized carbons (Fsp3) is 0.538. The van der Waals surface area contributed by atoms with Crippen molar-refractivity contribution in [1.82, 2.24) is 4.72 Å². The maximum Gasteiger partial charge on any atom is 0.242 e. The molecule has 1 fully saturated rings. The van der Waals surface area contributed by atoms with Gasteiger partial charge in [0.2, 0.25) is 10.0 Å². The van der Waals surface area contributed by atoms with E-state index in [0.717, 1.165) is 12.3 Å². The summed E-state index contributed by atoms with van der Waals surface area (Å²) in [6.07, 6.45) is 3.72. The molecule has 0 amide bonds. The van der Waals surface area contributed by atoms with Gasteiger partial charge in [-0.25, -0.2) is 13.1 Å². The molecule has 0 saturated heterocycles. The zero-order chi connectivity index (χ0) is 13.2. The van der Waals surface area contributed by atoms with Gasteiger partial charge in [-0.2, -0.15) is 0 Å². The summed E-state index contributed by atoms with van der Waals surface area (Å²) in [7, 11) is -1.97. The Kier molecular flexibility index (Phi) is 3.92. The van der Waals surface area contributed by atoms with Gasteiger partial charge in [0.1, 0.15) is 4.90 Å². The summed E-state index contributed by atoms with van der Waals surface area (Å²) in [5, 5.41) is 3.30. The lowest BCUT2D eigenvalue weighted by molar-refractivity contribution is 0.588. The van der Waals surface area contributed by atoms with Crippen LogP contribution in [0.15, 0.2) is 29.2 Å². The third-order valence-electron chi connectivity index (χ3n) is 3.23. The monoisotopic (exact) mass is 268 g/mol. The summed E-state index contributed by atoms with van der Waals surface area (Å²) in [6, 6.07) is 7.32. The van der Waals surface area contributed by atoms with Gasteiger partial charge in [0, 0.05) is 6.04 Å². The summed E-state index contributed by atoms with van der Waals surface area (Å²) >= 11 is 0. The largest absolute Gasteiger partial charge is 0.381 e. The molecule has 1 saturated carbocycles. The van der Waals surface area contributed by atoms with Gasteiger partial charge in [-0.05, 0) is 38.4 Å². The lowest BCUT2D eigenvalue weighted by atomic mass is 10.1. The van der Waals surface area contributed by atoms with Gasteiger partial charge in [0.25, 0.3) is 0 Å². The highest BCUT2D eigenvalue weighted by Crippen LogP contribution is 2.34. The van der Waals surface area contributed by atoms with Gasteiger partial charge >= 0.3 is 0 Å². The molecule has 1 aliphatic rings.